The number of aliphatic hydroxyl groups is 2. The lowest BCUT2D eigenvalue weighted by Crippen LogP contribution is -2.50. The van der Waals surface area contributed by atoms with Gasteiger partial charge >= 0.3 is 0 Å². The average Bonchev–Trinajstić information content (AvgIpc) is 3.17. The lowest BCUT2D eigenvalue weighted by Gasteiger charge is -2.22. The molecule has 0 aliphatic heterocycles. The fraction of sp³-hybridized carbons (Fsp3) is 0.854. The molecule has 0 aliphatic rings. The summed E-state index contributed by atoms with van der Waals surface area (Å²) in [4.78, 5) is 12.6. The second kappa shape index (κ2) is 41.7. The third-order valence-corrected chi connectivity index (χ3v) is 11.7. The van der Waals surface area contributed by atoms with Gasteiger partial charge in [-0.05, 0) is 44.9 Å². The number of carbonyl (C=O) groups is 1. The lowest BCUT2D eigenvalue weighted by molar-refractivity contribution is -0.130. The number of aliphatic hydroxyl groups excluding tert-OH is 2. The summed E-state index contributed by atoms with van der Waals surface area (Å²) < 4.78 is 32.6. The zero-order chi connectivity index (χ0) is 41.2. The van der Waals surface area contributed by atoms with E-state index in [-0.39, 0.29) is 6.42 Å². The minimum Gasteiger partial charge on any atom is -0.387 e. The van der Waals surface area contributed by atoms with Crippen LogP contribution < -0.4 is 5.32 Å². The van der Waals surface area contributed by atoms with Crippen molar-refractivity contribution in [3.63, 3.8) is 0 Å². The normalized spacial score (nSPS) is 14.0. The molecule has 0 spiro atoms. The standard InChI is InChI=1S/C48H91NO6S/c1-3-5-7-9-11-13-15-17-19-21-23-25-27-29-31-33-35-37-39-41-43-47(51)48(52)49-45(44-56(53,54)55)46(50)42-40-38-36-34-32-30-28-26-24-22-20-18-16-14-12-10-8-6-4-2/h24,26,32,34,40,42,45-47,50-51H,3-23,25,27-31,33,35-39,41,43-44H2,1-2H3,(H,49,52)(H,53,54,55)/b26-24+,34-32+,42-40+. The van der Waals surface area contributed by atoms with Crippen molar-refractivity contribution in [2.45, 2.75) is 257 Å². The van der Waals surface area contributed by atoms with E-state index in [1.54, 1.807) is 6.08 Å². The molecule has 56 heavy (non-hydrogen) atoms. The van der Waals surface area contributed by atoms with E-state index >= 15 is 0 Å². The van der Waals surface area contributed by atoms with Crippen LogP contribution in [-0.4, -0.2) is 53.1 Å². The quantitative estimate of drug-likeness (QED) is 0.0276. The van der Waals surface area contributed by atoms with Gasteiger partial charge in [0.2, 0.25) is 5.91 Å². The van der Waals surface area contributed by atoms with Gasteiger partial charge in [-0.3, -0.25) is 9.35 Å². The van der Waals surface area contributed by atoms with Crippen LogP contribution in [0.4, 0.5) is 0 Å². The molecule has 0 bridgehead atoms. The Morgan fingerprint density at radius 3 is 1.18 bits per heavy atom. The van der Waals surface area contributed by atoms with Crippen molar-refractivity contribution < 1.29 is 28.0 Å². The molecule has 0 saturated heterocycles. The molecule has 0 saturated carbocycles. The summed E-state index contributed by atoms with van der Waals surface area (Å²) in [5, 5.41) is 23.5. The first-order valence-electron chi connectivity index (χ1n) is 23.8. The Morgan fingerprint density at radius 1 is 0.482 bits per heavy atom. The number of allylic oxidation sites excluding steroid dienone is 5. The van der Waals surface area contributed by atoms with Crippen LogP contribution in [0.2, 0.25) is 0 Å². The smallest absolute Gasteiger partial charge is 0.267 e. The highest BCUT2D eigenvalue weighted by atomic mass is 32.2. The molecule has 4 N–H and O–H groups in total. The fourth-order valence-electron chi connectivity index (χ4n) is 7.25. The molecule has 0 rings (SSSR count). The van der Waals surface area contributed by atoms with Gasteiger partial charge in [0.25, 0.3) is 10.1 Å². The largest absolute Gasteiger partial charge is 0.387 e. The van der Waals surface area contributed by atoms with Crippen molar-refractivity contribution in [3.8, 4) is 0 Å². The van der Waals surface area contributed by atoms with Gasteiger partial charge in [-0.15, -0.1) is 0 Å². The summed E-state index contributed by atoms with van der Waals surface area (Å²) in [6, 6.07) is -1.25. The predicted molar refractivity (Wildman–Crippen MR) is 241 cm³/mol. The van der Waals surface area contributed by atoms with Crippen LogP contribution in [0.3, 0.4) is 0 Å². The summed E-state index contributed by atoms with van der Waals surface area (Å²) >= 11 is 0. The zero-order valence-electron chi connectivity index (χ0n) is 36.6. The van der Waals surface area contributed by atoms with Crippen LogP contribution in [0.5, 0.6) is 0 Å². The maximum atomic E-state index is 12.6. The highest BCUT2D eigenvalue weighted by Crippen LogP contribution is 2.16. The van der Waals surface area contributed by atoms with Crippen LogP contribution in [-0.2, 0) is 14.9 Å². The minimum absolute atomic E-state index is 0.275. The molecule has 0 heterocycles. The van der Waals surface area contributed by atoms with Gasteiger partial charge in [0.1, 0.15) is 6.10 Å². The van der Waals surface area contributed by atoms with E-state index in [4.69, 9.17) is 0 Å². The fourth-order valence-corrected chi connectivity index (χ4v) is 7.99. The second-order valence-electron chi connectivity index (χ2n) is 16.5. The Morgan fingerprint density at radius 2 is 0.804 bits per heavy atom. The van der Waals surface area contributed by atoms with Gasteiger partial charge in [0.15, 0.2) is 0 Å². The van der Waals surface area contributed by atoms with Gasteiger partial charge in [0, 0.05) is 0 Å². The molecule has 0 radical (unpaired) electrons. The first kappa shape index (κ1) is 54.5. The van der Waals surface area contributed by atoms with Gasteiger partial charge in [-0.25, -0.2) is 0 Å². The molecular weight excluding hydrogens is 719 g/mol. The number of hydrogen-bond acceptors (Lipinski definition) is 5. The number of hydrogen-bond donors (Lipinski definition) is 4. The van der Waals surface area contributed by atoms with Crippen LogP contribution in [0, 0.1) is 0 Å². The maximum absolute atomic E-state index is 12.6. The second-order valence-corrected chi connectivity index (χ2v) is 18.0. The van der Waals surface area contributed by atoms with Gasteiger partial charge < -0.3 is 15.5 Å². The molecule has 330 valence electrons. The monoisotopic (exact) mass is 810 g/mol. The van der Waals surface area contributed by atoms with Gasteiger partial charge in [-0.1, -0.05) is 230 Å². The van der Waals surface area contributed by atoms with Crippen molar-refractivity contribution in [2.24, 2.45) is 0 Å². The summed E-state index contributed by atoms with van der Waals surface area (Å²) in [5.74, 6) is -1.56. The molecule has 0 aromatic rings. The topological polar surface area (TPSA) is 124 Å². The first-order chi connectivity index (χ1) is 27.2. The predicted octanol–water partition coefficient (Wildman–Crippen LogP) is 13.4. The van der Waals surface area contributed by atoms with Crippen molar-refractivity contribution in [1.29, 1.82) is 0 Å². The van der Waals surface area contributed by atoms with E-state index in [0.717, 1.165) is 44.9 Å². The maximum Gasteiger partial charge on any atom is 0.267 e. The molecule has 0 aliphatic carbocycles. The van der Waals surface area contributed by atoms with Crippen molar-refractivity contribution >= 4 is 16.0 Å². The minimum atomic E-state index is -4.46. The molecule has 1 amide bonds. The molecule has 3 atom stereocenters. The third-order valence-electron chi connectivity index (χ3n) is 10.9. The van der Waals surface area contributed by atoms with Gasteiger partial charge in [-0.2, -0.15) is 8.42 Å². The van der Waals surface area contributed by atoms with E-state index < -0.39 is 40.0 Å². The Bertz CT molecular complexity index is 1040. The van der Waals surface area contributed by atoms with Gasteiger partial charge in [0.05, 0.1) is 17.9 Å². The summed E-state index contributed by atoms with van der Waals surface area (Å²) in [5.41, 5.74) is 0. The summed E-state index contributed by atoms with van der Waals surface area (Å²) in [7, 11) is -4.46. The summed E-state index contributed by atoms with van der Waals surface area (Å²) in [6.45, 7) is 4.53. The first-order valence-corrected chi connectivity index (χ1v) is 25.4. The van der Waals surface area contributed by atoms with Crippen LogP contribution in [0.1, 0.15) is 239 Å². The molecule has 0 aromatic carbocycles. The molecule has 8 heteroatoms. The number of unbranched alkanes of at least 4 members (excludes halogenated alkanes) is 30. The highest BCUT2D eigenvalue weighted by molar-refractivity contribution is 7.85. The molecule has 7 nitrogen and oxygen atoms in total. The average molecular weight is 810 g/mol. The Hall–Kier alpha value is -1.48. The number of rotatable bonds is 43. The molecule has 3 unspecified atom stereocenters. The Kier molecular flexibility index (Phi) is 40.6. The zero-order valence-corrected chi connectivity index (χ0v) is 37.4. The van der Waals surface area contributed by atoms with Crippen molar-refractivity contribution in [3.05, 3.63) is 36.5 Å². The third kappa shape index (κ3) is 40.7. The van der Waals surface area contributed by atoms with Crippen molar-refractivity contribution in [1.82, 2.24) is 5.32 Å². The van der Waals surface area contributed by atoms with Crippen LogP contribution >= 0.6 is 0 Å². The van der Waals surface area contributed by atoms with E-state index in [9.17, 15) is 28.0 Å². The van der Waals surface area contributed by atoms with E-state index in [0.29, 0.717) is 12.8 Å². The SMILES string of the molecule is CCCCCCCCCCC/C=C/CC/C=C/CC/C=C/C(O)C(CS(=O)(=O)O)NC(=O)C(O)CCCCCCCCCCCCCCCCCCCCCC. The Labute approximate surface area is 347 Å². The van der Waals surface area contributed by atoms with E-state index in [1.165, 1.54) is 167 Å². The highest BCUT2D eigenvalue weighted by Gasteiger charge is 2.27. The van der Waals surface area contributed by atoms with Crippen LogP contribution in [0.15, 0.2) is 36.5 Å². The molecule has 0 aromatic heterocycles. The molecular formula is C48H91NO6S. The molecule has 0 fully saturated rings. The van der Waals surface area contributed by atoms with E-state index in [1.807, 2.05) is 0 Å². The Balaban J connectivity index is 3.99. The lowest BCUT2D eigenvalue weighted by atomic mass is 10.0. The van der Waals surface area contributed by atoms with Crippen LogP contribution in [0.25, 0.3) is 0 Å². The van der Waals surface area contributed by atoms with Crippen molar-refractivity contribution in [2.75, 3.05) is 5.75 Å². The number of carbonyl (C=O) groups excluding carboxylic acids is 1. The van der Waals surface area contributed by atoms with E-state index in [2.05, 4.69) is 43.5 Å². The number of amides is 1. The number of nitrogens with one attached hydrogen (secondary N) is 1. The summed E-state index contributed by atoms with van der Waals surface area (Å²) in [6.07, 6.45) is 52.1.